The minimum Gasteiger partial charge on any atom is -0.459 e. The molecule has 0 radical (unpaired) electrons. The molecule has 1 atom stereocenters. The molecule has 0 aliphatic carbocycles. The second kappa shape index (κ2) is 8.17. The Morgan fingerprint density at radius 3 is 2.84 bits per heavy atom. The number of anilines is 1. The molecule has 130 valence electrons. The van der Waals surface area contributed by atoms with Gasteiger partial charge >= 0.3 is 0 Å². The van der Waals surface area contributed by atoms with Crippen molar-refractivity contribution in [3.63, 3.8) is 0 Å². The highest BCUT2D eigenvalue weighted by atomic mass is 32.2. The Morgan fingerprint density at radius 2 is 2.12 bits per heavy atom. The van der Waals surface area contributed by atoms with Crippen molar-refractivity contribution in [2.45, 2.75) is 12.5 Å². The number of nitrogens with zero attached hydrogens (tertiary/aromatic N) is 1. The summed E-state index contributed by atoms with van der Waals surface area (Å²) in [6.07, 6.45) is 3.90. The summed E-state index contributed by atoms with van der Waals surface area (Å²) in [7, 11) is 0. The van der Waals surface area contributed by atoms with Gasteiger partial charge in [-0.1, -0.05) is 23.5 Å². The summed E-state index contributed by atoms with van der Waals surface area (Å²) in [5.41, 5.74) is 0.836. The Kier molecular flexibility index (Phi) is 5.72. The van der Waals surface area contributed by atoms with Crippen molar-refractivity contribution in [2.24, 2.45) is 0 Å². The third kappa shape index (κ3) is 4.40. The van der Waals surface area contributed by atoms with Gasteiger partial charge in [-0.2, -0.15) is 11.8 Å². The Bertz CT molecular complexity index is 828. The largest absolute Gasteiger partial charge is 0.459 e. The SMILES string of the molecule is CSCCC(NC(=O)c1ccco1)C(=O)Nc1nc2ccccc2s1. The molecule has 0 bridgehead atoms. The maximum absolute atomic E-state index is 12.6. The fourth-order valence-corrected chi connectivity index (χ4v) is 3.60. The molecule has 2 heterocycles. The number of thioether (sulfide) groups is 1. The smallest absolute Gasteiger partial charge is 0.287 e. The molecule has 1 unspecified atom stereocenters. The van der Waals surface area contributed by atoms with E-state index in [0.717, 1.165) is 16.0 Å². The van der Waals surface area contributed by atoms with Crippen LogP contribution in [0.15, 0.2) is 47.1 Å². The lowest BCUT2D eigenvalue weighted by Crippen LogP contribution is -2.44. The van der Waals surface area contributed by atoms with E-state index in [1.54, 1.807) is 23.9 Å². The maximum Gasteiger partial charge on any atom is 0.287 e. The average molecular weight is 375 g/mol. The van der Waals surface area contributed by atoms with E-state index >= 15 is 0 Å². The van der Waals surface area contributed by atoms with Gasteiger partial charge < -0.3 is 15.1 Å². The van der Waals surface area contributed by atoms with Crippen LogP contribution in [0.25, 0.3) is 10.2 Å². The highest BCUT2D eigenvalue weighted by Crippen LogP contribution is 2.25. The number of carbonyl (C=O) groups is 2. The zero-order chi connectivity index (χ0) is 17.6. The van der Waals surface area contributed by atoms with Crippen molar-refractivity contribution >= 4 is 50.3 Å². The summed E-state index contributed by atoms with van der Waals surface area (Å²) in [5.74, 6) is 0.238. The predicted molar refractivity (Wildman–Crippen MR) is 101 cm³/mol. The first-order valence-electron chi connectivity index (χ1n) is 7.67. The number of hydrogen-bond acceptors (Lipinski definition) is 6. The monoisotopic (exact) mass is 375 g/mol. The standard InChI is InChI=1S/C17H17N3O3S2/c1-24-10-8-12(18-16(22)13-6-4-9-23-13)15(21)20-17-19-11-5-2-3-7-14(11)25-17/h2-7,9,12H,8,10H2,1H3,(H,18,22)(H,19,20,21). The van der Waals surface area contributed by atoms with Crippen molar-refractivity contribution in [3.8, 4) is 0 Å². The number of fused-ring (bicyclic) bond motifs is 1. The van der Waals surface area contributed by atoms with E-state index in [0.29, 0.717) is 11.6 Å². The summed E-state index contributed by atoms with van der Waals surface area (Å²) >= 11 is 3.02. The first-order valence-corrected chi connectivity index (χ1v) is 9.88. The highest BCUT2D eigenvalue weighted by molar-refractivity contribution is 7.98. The van der Waals surface area contributed by atoms with Gasteiger partial charge in [0.15, 0.2) is 10.9 Å². The molecule has 3 aromatic rings. The predicted octanol–water partition coefficient (Wildman–Crippen LogP) is 3.38. The first kappa shape index (κ1) is 17.5. The van der Waals surface area contributed by atoms with Gasteiger partial charge in [0.25, 0.3) is 5.91 Å². The number of amides is 2. The van der Waals surface area contributed by atoms with Crippen LogP contribution in [-0.2, 0) is 4.79 Å². The van der Waals surface area contributed by atoms with E-state index in [1.807, 2.05) is 30.5 Å². The van der Waals surface area contributed by atoms with Crippen LogP contribution in [0, 0.1) is 0 Å². The molecular formula is C17H17N3O3S2. The Hall–Kier alpha value is -2.32. The van der Waals surface area contributed by atoms with Gasteiger partial charge in [-0.25, -0.2) is 4.98 Å². The molecule has 8 heteroatoms. The lowest BCUT2D eigenvalue weighted by molar-refractivity contribution is -0.118. The molecule has 0 saturated heterocycles. The van der Waals surface area contributed by atoms with Crippen molar-refractivity contribution in [1.29, 1.82) is 0 Å². The van der Waals surface area contributed by atoms with Gasteiger partial charge in [0, 0.05) is 0 Å². The van der Waals surface area contributed by atoms with E-state index < -0.39 is 11.9 Å². The number of thiazole rings is 1. The van der Waals surface area contributed by atoms with Crippen LogP contribution in [-0.4, -0.2) is 34.8 Å². The fraction of sp³-hybridized carbons (Fsp3) is 0.235. The molecule has 2 N–H and O–H groups in total. The van der Waals surface area contributed by atoms with Gasteiger partial charge in [-0.05, 0) is 42.7 Å². The van der Waals surface area contributed by atoms with E-state index in [2.05, 4.69) is 15.6 Å². The molecule has 0 aliphatic rings. The second-order valence-electron chi connectivity index (χ2n) is 5.26. The number of nitrogens with one attached hydrogen (secondary N) is 2. The highest BCUT2D eigenvalue weighted by Gasteiger charge is 2.23. The number of rotatable bonds is 7. The number of furan rings is 1. The van der Waals surface area contributed by atoms with Crippen LogP contribution >= 0.6 is 23.1 Å². The van der Waals surface area contributed by atoms with Crippen molar-refractivity contribution in [2.75, 3.05) is 17.3 Å². The molecule has 2 amide bonds. The first-order chi connectivity index (χ1) is 12.2. The number of carbonyl (C=O) groups excluding carboxylic acids is 2. The minimum absolute atomic E-state index is 0.182. The Labute approximate surface area is 153 Å². The number of benzene rings is 1. The number of para-hydroxylation sites is 1. The molecule has 0 aliphatic heterocycles. The maximum atomic E-state index is 12.6. The molecule has 0 spiro atoms. The number of aromatic nitrogens is 1. The normalized spacial score (nSPS) is 12.0. The van der Waals surface area contributed by atoms with Crippen molar-refractivity contribution in [3.05, 3.63) is 48.4 Å². The zero-order valence-corrected chi connectivity index (χ0v) is 15.2. The third-order valence-corrected chi connectivity index (χ3v) is 5.10. The Morgan fingerprint density at radius 1 is 1.28 bits per heavy atom. The third-order valence-electron chi connectivity index (χ3n) is 3.50. The van der Waals surface area contributed by atoms with Crippen molar-refractivity contribution < 1.29 is 14.0 Å². The van der Waals surface area contributed by atoms with Crippen LogP contribution in [0.5, 0.6) is 0 Å². The molecular weight excluding hydrogens is 358 g/mol. The summed E-state index contributed by atoms with van der Waals surface area (Å²) in [6.45, 7) is 0. The van der Waals surface area contributed by atoms with Crippen LogP contribution in [0.4, 0.5) is 5.13 Å². The quantitative estimate of drug-likeness (QED) is 0.661. The van der Waals surface area contributed by atoms with Crippen LogP contribution in [0.2, 0.25) is 0 Å². The minimum atomic E-state index is -0.655. The van der Waals surface area contributed by atoms with Gasteiger partial charge in [-0.15, -0.1) is 0 Å². The summed E-state index contributed by atoms with van der Waals surface area (Å²) < 4.78 is 6.08. The topological polar surface area (TPSA) is 84.2 Å². The van der Waals surface area contributed by atoms with Crippen molar-refractivity contribution in [1.82, 2.24) is 10.3 Å². The molecule has 0 saturated carbocycles. The van der Waals surface area contributed by atoms with E-state index in [4.69, 9.17) is 4.42 Å². The molecule has 3 rings (SSSR count). The van der Waals surface area contributed by atoms with Gasteiger partial charge in [-0.3, -0.25) is 9.59 Å². The van der Waals surface area contributed by atoms with Crippen LogP contribution < -0.4 is 10.6 Å². The molecule has 1 aromatic carbocycles. The summed E-state index contributed by atoms with van der Waals surface area (Å²) in [6, 6.07) is 10.2. The van der Waals surface area contributed by atoms with Crippen LogP contribution in [0.1, 0.15) is 17.0 Å². The Balaban J connectivity index is 1.70. The average Bonchev–Trinajstić information content (AvgIpc) is 3.27. The van der Waals surface area contributed by atoms with E-state index in [9.17, 15) is 9.59 Å². The summed E-state index contributed by atoms with van der Waals surface area (Å²) in [5, 5.41) is 6.05. The zero-order valence-electron chi connectivity index (χ0n) is 13.5. The molecule has 2 aromatic heterocycles. The van der Waals surface area contributed by atoms with Gasteiger partial charge in [0.05, 0.1) is 16.5 Å². The molecule has 0 fully saturated rings. The van der Waals surface area contributed by atoms with Crippen LogP contribution in [0.3, 0.4) is 0 Å². The van der Waals surface area contributed by atoms with Gasteiger partial charge in [0.1, 0.15) is 6.04 Å². The van der Waals surface area contributed by atoms with Gasteiger partial charge in [0.2, 0.25) is 5.91 Å². The van der Waals surface area contributed by atoms with E-state index in [-0.39, 0.29) is 11.7 Å². The fourth-order valence-electron chi connectivity index (χ4n) is 2.26. The summed E-state index contributed by atoms with van der Waals surface area (Å²) in [4.78, 5) is 29.2. The second-order valence-corrected chi connectivity index (χ2v) is 7.28. The molecule has 6 nitrogen and oxygen atoms in total. The molecule has 25 heavy (non-hydrogen) atoms. The lowest BCUT2D eigenvalue weighted by atomic mass is 10.2. The number of hydrogen-bond donors (Lipinski definition) is 2. The van der Waals surface area contributed by atoms with E-state index in [1.165, 1.54) is 17.6 Å². The lowest BCUT2D eigenvalue weighted by Gasteiger charge is -2.16.